The predicted molar refractivity (Wildman–Crippen MR) is 33.6 cm³/mol. The summed E-state index contributed by atoms with van der Waals surface area (Å²) in [6.07, 6.45) is -1.09. The summed E-state index contributed by atoms with van der Waals surface area (Å²) in [6, 6.07) is 0. The highest BCUT2D eigenvalue weighted by Crippen LogP contribution is 2.27. The Morgan fingerprint density at radius 2 is 2.18 bits per heavy atom. The van der Waals surface area contributed by atoms with Crippen molar-refractivity contribution in [3.8, 4) is 0 Å². The van der Waals surface area contributed by atoms with E-state index in [0.29, 0.717) is 0 Å². The second-order valence-electron chi connectivity index (χ2n) is 1.84. The number of halogens is 3. The van der Waals surface area contributed by atoms with Crippen LogP contribution in [0.5, 0.6) is 0 Å². The number of hydrogen-bond acceptors (Lipinski definition) is 1. The van der Waals surface area contributed by atoms with E-state index in [9.17, 15) is 13.2 Å². The average Bonchev–Trinajstić information content (AvgIpc) is 2.31. The van der Waals surface area contributed by atoms with Gasteiger partial charge in [-0.2, -0.15) is 13.2 Å². The second-order valence-corrected chi connectivity index (χ2v) is 1.84. The Bertz CT molecular complexity index is 261. The molecule has 0 amide bonds. The fourth-order valence-electron chi connectivity index (χ4n) is 0.680. The van der Waals surface area contributed by atoms with Crippen LogP contribution in [0.4, 0.5) is 13.2 Å². The SMILES string of the molecule is C=Cn1ccnc1C(F)(F)F. The molecule has 0 atom stereocenters. The van der Waals surface area contributed by atoms with Crippen LogP contribution in [0.25, 0.3) is 6.20 Å². The minimum absolute atomic E-state index is 0.819. The van der Waals surface area contributed by atoms with Gasteiger partial charge in [-0.25, -0.2) is 4.98 Å². The molecule has 1 aromatic rings. The molecule has 0 spiro atoms. The Kier molecular flexibility index (Phi) is 1.72. The van der Waals surface area contributed by atoms with Gasteiger partial charge in [0.1, 0.15) is 0 Å². The molecule has 0 aliphatic heterocycles. The van der Waals surface area contributed by atoms with Crippen LogP contribution in [-0.4, -0.2) is 9.55 Å². The maximum absolute atomic E-state index is 11.9. The molecule has 0 radical (unpaired) electrons. The first-order valence-electron chi connectivity index (χ1n) is 2.78. The van der Waals surface area contributed by atoms with Crippen molar-refractivity contribution in [2.45, 2.75) is 6.18 Å². The fourth-order valence-corrected chi connectivity index (χ4v) is 0.680. The van der Waals surface area contributed by atoms with E-state index in [0.717, 1.165) is 17.0 Å². The first kappa shape index (κ1) is 7.84. The summed E-state index contributed by atoms with van der Waals surface area (Å²) < 4.78 is 36.6. The molecule has 0 fully saturated rings. The minimum atomic E-state index is -4.41. The molecule has 0 saturated heterocycles. The van der Waals surface area contributed by atoms with Crippen LogP contribution in [0, 0.1) is 0 Å². The standard InChI is InChI=1S/C6H5F3N2/c1-2-11-4-3-10-5(11)6(7,8)9/h2-4H,1H2. The summed E-state index contributed by atoms with van der Waals surface area (Å²) in [6.45, 7) is 3.20. The second kappa shape index (κ2) is 2.41. The van der Waals surface area contributed by atoms with Crippen LogP contribution in [0.2, 0.25) is 0 Å². The first-order valence-corrected chi connectivity index (χ1v) is 2.78. The molecule has 0 aromatic carbocycles. The summed E-state index contributed by atoms with van der Waals surface area (Å²) in [5.41, 5.74) is 0. The molecule has 0 N–H and O–H groups in total. The lowest BCUT2D eigenvalue weighted by atomic mass is 10.6. The third kappa shape index (κ3) is 1.42. The van der Waals surface area contributed by atoms with Crippen LogP contribution < -0.4 is 0 Å². The fraction of sp³-hybridized carbons (Fsp3) is 0.167. The van der Waals surface area contributed by atoms with Gasteiger partial charge in [-0.3, -0.25) is 0 Å². The van der Waals surface area contributed by atoms with Crippen molar-refractivity contribution in [2.75, 3.05) is 0 Å². The van der Waals surface area contributed by atoms with Crippen LogP contribution in [0.3, 0.4) is 0 Å². The van der Waals surface area contributed by atoms with Crippen molar-refractivity contribution in [1.29, 1.82) is 0 Å². The first-order chi connectivity index (χ1) is 5.05. The monoisotopic (exact) mass is 162 g/mol. The maximum atomic E-state index is 11.9. The third-order valence-corrected chi connectivity index (χ3v) is 1.12. The van der Waals surface area contributed by atoms with Gasteiger partial charge in [-0.15, -0.1) is 0 Å². The largest absolute Gasteiger partial charge is 0.450 e. The van der Waals surface area contributed by atoms with Crippen molar-refractivity contribution in [2.24, 2.45) is 0 Å². The highest BCUT2D eigenvalue weighted by molar-refractivity contribution is 5.20. The molecule has 2 nitrogen and oxygen atoms in total. The molecule has 5 heteroatoms. The summed E-state index contributed by atoms with van der Waals surface area (Å²) in [4.78, 5) is 3.12. The molecule has 1 rings (SSSR count). The summed E-state index contributed by atoms with van der Waals surface area (Å²) in [5.74, 6) is -0.951. The zero-order valence-electron chi connectivity index (χ0n) is 5.47. The van der Waals surface area contributed by atoms with Gasteiger partial charge in [-0.05, 0) is 0 Å². The Morgan fingerprint density at radius 3 is 2.55 bits per heavy atom. The smallest absolute Gasteiger partial charge is 0.304 e. The van der Waals surface area contributed by atoms with Crippen molar-refractivity contribution < 1.29 is 13.2 Å². The molecule has 0 unspecified atom stereocenters. The van der Waals surface area contributed by atoms with Crippen molar-refractivity contribution in [3.63, 3.8) is 0 Å². The van der Waals surface area contributed by atoms with E-state index in [1.165, 1.54) is 6.20 Å². The van der Waals surface area contributed by atoms with Crippen molar-refractivity contribution >= 4 is 6.20 Å². The number of nitrogens with zero attached hydrogens (tertiary/aromatic N) is 2. The lowest BCUT2D eigenvalue weighted by Crippen LogP contribution is -2.11. The summed E-state index contributed by atoms with van der Waals surface area (Å²) in [5, 5.41) is 0. The lowest BCUT2D eigenvalue weighted by Gasteiger charge is -2.04. The molecule has 0 bridgehead atoms. The third-order valence-electron chi connectivity index (χ3n) is 1.12. The van der Waals surface area contributed by atoms with E-state index in [-0.39, 0.29) is 0 Å². The van der Waals surface area contributed by atoms with Crippen molar-refractivity contribution in [1.82, 2.24) is 9.55 Å². The Morgan fingerprint density at radius 1 is 1.55 bits per heavy atom. The summed E-state index contributed by atoms with van der Waals surface area (Å²) >= 11 is 0. The molecular weight excluding hydrogens is 157 g/mol. The lowest BCUT2D eigenvalue weighted by molar-refractivity contribution is -0.145. The van der Waals surface area contributed by atoms with E-state index in [1.54, 1.807) is 0 Å². The van der Waals surface area contributed by atoms with Gasteiger partial charge in [0.25, 0.3) is 0 Å². The van der Waals surface area contributed by atoms with E-state index >= 15 is 0 Å². The number of aromatic nitrogens is 2. The molecule has 1 aromatic heterocycles. The zero-order chi connectivity index (χ0) is 8.48. The average molecular weight is 162 g/mol. The Hall–Kier alpha value is -1.26. The number of hydrogen-bond donors (Lipinski definition) is 0. The van der Waals surface area contributed by atoms with Crippen LogP contribution in [-0.2, 0) is 6.18 Å². The number of alkyl halides is 3. The predicted octanol–water partition coefficient (Wildman–Crippen LogP) is 2.00. The van der Waals surface area contributed by atoms with Gasteiger partial charge in [0.15, 0.2) is 0 Å². The molecular formula is C6H5F3N2. The van der Waals surface area contributed by atoms with Gasteiger partial charge in [0.05, 0.1) is 0 Å². The minimum Gasteiger partial charge on any atom is -0.304 e. The van der Waals surface area contributed by atoms with E-state index < -0.39 is 12.0 Å². The summed E-state index contributed by atoms with van der Waals surface area (Å²) in [7, 11) is 0. The quantitative estimate of drug-likeness (QED) is 0.617. The molecule has 60 valence electrons. The molecule has 0 aliphatic carbocycles. The van der Waals surface area contributed by atoms with Crippen molar-refractivity contribution in [3.05, 3.63) is 24.8 Å². The molecule has 0 aliphatic rings. The topological polar surface area (TPSA) is 17.8 Å². The molecule has 1 heterocycles. The van der Waals surface area contributed by atoms with Gasteiger partial charge in [0.2, 0.25) is 5.82 Å². The molecule has 11 heavy (non-hydrogen) atoms. The Labute approximate surface area is 61.0 Å². The van der Waals surface area contributed by atoms with Crippen LogP contribution in [0.15, 0.2) is 19.0 Å². The van der Waals surface area contributed by atoms with E-state index in [1.807, 2.05) is 0 Å². The zero-order valence-corrected chi connectivity index (χ0v) is 5.47. The van der Waals surface area contributed by atoms with E-state index in [2.05, 4.69) is 11.6 Å². The highest BCUT2D eigenvalue weighted by Gasteiger charge is 2.35. The highest BCUT2D eigenvalue weighted by atomic mass is 19.4. The van der Waals surface area contributed by atoms with Gasteiger partial charge < -0.3 is 4.57 Å². The van der Waals surface area contributed by atoms with Crippen LogP contribution >= 0.6 is 0 Å². The van der Waals surface area contributed by atoms with E-state index in [4.69, 9.17) is 0 Å². The van der Waals surface area contributed by atoms with Gasteiger partial charge in [0, 0.05) is 18.6 Å². The maximum Gasteiger partial charge on any atom is 0.450 e. The number of rotatable bonds is 1. The van der Waals surface area contributed by atoms with Gasteiger partial charge in [-0.1, -0.05) is 6.58 Å². The number of imidazole rings is 1. The Balaban J connectivity index is 3.12. The van der Waals surface area contributed by atoms with Crippen LogP contribution in [0.1, 0.15) is 5.82 Å². The molecule has 0 saturated carbocycles. The normalized spacial score (nSPS) is 11.5. The van der Waals surface area contributed by atoms with Gasteiger partial charge >= 0.3 is 6.18 Å².